The van der Waals surface area contributed by atoms with Crippen molar-refractivity contribution in [3.8, 4) is 0 Å². The van der Waals surface area contributed by atoms with Gasteiger partial charge in [0.2, 0.25) is 5.95 Å². The highest BCUT2D eigenvalue weighted by Crippen LogP contribution is 2.23. The molecule has 126 valence electrons. The van der Waals surface area contributed by atoms with E-state index in [0.717, 1.165) is 16.7 Å². The van der Waals surface area contributed by atoms with E-state index in [1.807, 2.05) is 45.0 Å². The summed E-state index contributed by atoms with van der Waals surface area (Å²) in [7, 11) is 0. The van der Waals surface area contributed by atoms with E-state index in [4.69, 9.17) is 0 Å². The number of aromatic amines is 1. The van der Waals surface area contributed by atoms with Crippen LogP contribution in [0.1, 0.15) is 37.6 Å². The highest BCUT2D eigenvalue weighted by Gasteiger charge is 2.23. The Hall–Kier alpha value is -2.89. The topological polar surface area (TPSA) is 86.9 Å². The first-order valence-electron chi connectivity index (χ1n) is 7.61. The molecule has 0 aliphatic heterocycles. The molecule has 0 aliphatic carbocycles. The summed E-state index contributed by atoms with van der Waals surface area (Å²) < 4.78 is 0. The van der Waals surface area contributed by atoms with Gasteiger partial charge in [-0.25, -0.2) is 4.79 Å². The third kappa shape index (κ3) is 4.32. The van der Waals surface area contributed by atoms with E-state index >= 15 is 0 Å². The number of amides is 2. The molecular formula is C18H22N4O2. The van der Waals surface area contributed by atoms with Crippen LogP contribution < -0.4 is 16.2 Å². The molecule has 0 aliphatic rings. The summed E-state index contributed by atoms with van der Waals surface area (Å²) >= 11 is 0. The van der Waals surface area contributed by atoms with Crippen molar-refractivity contribution in [2.24, 2.45) is 0 Å². The number of urea groups is 1. The molecule has 6 nitrogen and oxygen atoms in total. The lowest BCUT2D eigenvalue weighted by molar-refractivity contribution is 0.241. The number of benzene rings is 1. The predicted molar refractivity (Wildman–Crippen MR) is 95.9 cm³/mol. The van der Waals surface area contributed by atoms with Gasteiger partial charge in [0.1, 0.15) is 0 Å². The highest BCUT2D eigenvalue weighted by atomic mass is 16.2. The number of nitrogens with one attached hydrogen (secondary N) is 3. The van der Waals surface area contributed by atoms with Crippen LogP contribution in [-0.2, 0) is 5.54 Å². The molecule has 1 aromatic heterocycles. The van der Waals surface area contributed by atoms with Crippen LogP contribution in [-0.4, -0.2) is 16.0 Å². The lowest BCUT2D eigenvalue weighted by Gasteiger charge is -2.27. The van der Waals surface area contributed by atoms with Crippen LogP contribution in [0.15, 0.2) is 41.7 Å². The van der Waals surface area contributed by atoms with Crippen LogP contribution in [0.2, 0.25) is 0 Å². The summed E-state index contributed by atoms with van der Waals surface area (Å²) in [5.41, 5.74) is 2.53. The monoisotopic (exact) mass is 326 g/mol. The van der Waals surface area contributed by atoms with Crippen molar-refractivity contribution >= 4 is 17.6 Å². The minimum Gasteiger partial charge on any atom is -0.329 e. The quantitative estimate of drug-likeness (QED) is 0.806. The molecule has 0 bridgehead atoms. The third-order valence-corrected chi connectivity index (χ3v) is 3.61. The van der Waals surface area contributed by atoms with Gasteiger partial charge in [0.05, 0.1) is 5.54 Å². The van der Waals surface area contributed by atoms with Crippen molar-refractivity contribution in [3.05, 3.63) is 64.1 Å². The Morgan fingerprint density at radius 3 is 2.62 bits per heavy atom. The summed E-state index contributed by atoms with van der Waals surface area (Å²) in [5.74, 6) is 0.115. The van der Waals surface area contributed by atoms with Gasteiger partial charge in [0.15, 0.2) is 0 Å². The van der Waals surface area contributed by atoms with Gasteiger partial charge >= 0.3 is 6.03 Å². The second-order valence-electron chi connectivity index (χ2n) is 6.32. The SMILES string of the molecule is C=C(C)c1cccc(C(C)(C)NC(=O)Nc2nc(=O)cc(C)[nH]2)c1. The molecule has 2 amide bonds. The van der Waals surface area contributed by atoms with Crippen molar-refractivity contribution in [2.45, 2.75) is 33.2 Å². The Bertz CT molecular complexity index is 837. The molecular weight excluding hydrogens is 304 g/mol. The minimum atomic E-state index is -0.611. The van der Waals surface area contributed by atoms with Gasteiger partial charge in [-0.2, -0.15) is 4.98 Å². The van der Waals surface area contributed by atoms with E-state index in [1.165, 1.54) is 6.07 Å². The van der Waals surface area contributed by atoms with Crippen LogP contribution in [0.5, 0.6) is 0 Å². The van der Waals surface area contributed by atoms with Gasteiger partial charge < -0.3 is 10.3 Å². The zero-order chi connectivity index (χ0) is 17.9. The van der Waals surface area contributed by atoms with Crippen LogP contribution in [0, 0.1) is 6.92 Å². The van der Waals surface area contributed by atoms with Crippen molar-refractivity contribution in [1.29, 1.82) is 0 Å². The number of carbonyl (C=O) groups is 1. The number of hydrogen-bond acceptors (Lipinski definition) is 3. The Kier molecular flexibility index (Phi) is 4.87. The van der Waals surface area contributed by atoms with Crippen LogP contribution in [0.25, 0.3) is 5.57 Å². The maximum absolute atomic E-state index is 12.2. The van der Waals surface area contributed by atoms with E-state index in [2.05, 4.69) is 27.2 Å². The van der Waals surface area contributed by atoms with Crippen molar-refractivity contribution in [3.63, 3.8) is 0 Å². The number of anilines is 1. The maximum Gasteiger partial charge on any atom is 0.322 e. The van der Waals surface area contributed by atoms with Gasteiger partial charge in [0.25, 0.3) is 5.56 Å². The zero-order valence-electron chi connectivity index (χ0n) is 14.4. The fraction of sp³-hybridized carbons (Fsp3) is 0.278. The van der Waals surface area contributed by atoms with Crippen molar-refractivity contribution in [2.75, 3.05) is 5.32 Å². The first-order chi connectivity index (χ1) is 11.2. The maximum atomic E-state index is 12.2. The molecule has 0 saturated carbocycles. The molecule has 3 N–H and O–H groups in total. The van der Waals surface area contributed by atoms with Gasteiger partial charge in [-0.05, 0) is 44.9 Å². The van der Waals surface area contributed by atoms with E-state index in [9.17, 15) is 9.59 Å². The fourth-order valence-electron chi connectivity index (χ4n) is 2.31. The first-order valence-corrected chi connectivity index (χ1v) is 7.61. The molecule has 24 heavy (non-hydrogen) atoms. The zero-order valence-corrected chi connectivity index (χ0v) is 14.4. The molecule has 0 fully saturated rings. The number of aromatic nitrogens is 2. The average molecular weight is 326 g/mol. The first kappa shape index (κ1) is 17.5. The molecule has 1 aromatic carbocycles. The number of rotatable bonds is 4. The largest absolute Gasteiger partial charge is 0.329 e. The van der Waals surface area contributed by atoms with Crippen molar-refractivity contribution in [1.82, 2.24) is 15.3 Å². The summed E-state index contributed by atoms with van der Waals surface area (Å²) in [6.07, 6.45) is 0. The molecule has 0 atom stereocenters. The number of allylic oxidation sites excluding steroid dienone is 1. The molecule has 6 heteroatoms. The summed E-state index contributed by atoms with van der Waals surface area (Å²) in [6, 6.07) is 8.75. The van der Waals surface area contributed by atoms with Gasteiger partial charge in [-0.15, -0.1) is 0 Å². The molecule has 0 spiro atoms. The second kappa shape index (κ2) is 6.70. The van der Waals surface area contributed by atoms with Crippen LogP contribution in [0.3, 0.4) is 0 Å². The summed E-state index contributed by atoms with van der Waals surface area (Å²) in [6.45, 7) is 11.4. The number of nitrogens with zero attached hydrogens (tertiary/aromatic N) is 1. The number of aryl methyl sites for hydroxylation is 1. The fourth-order valence-corrected chi connectivity index (χ4v) is 2.31. The van der Waals surface area contributed by atoms with E-state index in [-0.39, 0.29) is 5.95 Å². The normalized spacial score (nSPS) is 11.0. The smallest absolute Gasteiger partial charge is 0.322 e. The minimum absolute atomic E-state index is 0.115. The van der Waals surface area contributed by atoms with Crippen molar-refractivity contribution < 1.29 is 4.79 Å². The lowest BCUT2D eigenvalue weighted by atomic mass is 9.92. The molecule has 2 aromatic rings. The molecule has 1 heterocycles. The molecule has 0 unspecified atom stereocenters. The summed E-state index contributed by atoms with van der Waals surface area (Å²) in [4.78, 5) is 30.2. The van der Waals surface area contributed by atoms with Gasteiger partial charge in [0, 0.05) is 11.8 Å². The van der Waals surface area contributed by atoms with E-state index in [1.54, 1.807) is 6.92 Å². The molecule has 0 radical (unpaired) electrons. The van der Waals surface area contributed by atoms with Gasteiger partial charge in [-0.1, -0.05) is 30.4 Å². The summed E-state index contributed by atoms with van der Waals surface area (Å²) in [5, 5.41) is 5.44. The Balaban J connectivity index is 2.16. The number of hydrogen-bond donors (Lipinski definition) is 3. The predicted octanol–water partition coefficient (Wildman–Crippen LogP) is 3.17. The Morgan fingerprint density at radius 1 is 1.29 bits per heavy atom. The standard InChI is InChI=1S/C18H22N4O2/c1-11(2)13-7-6-8-14(10-13)18(4,5)22-17(24)21-16-19-12(3)9-15(23)20-16/h6-10H,1H2,2-5H3,(H3,19,20,21,22,23,24). The van der Waals surface area contributed by atoms with E-state index < -0.39 is 17.1 Å². The second-order valence-corrected chi connectivity index (χ2v) is 6.32. The van der Waals surface area contributed by atoms with Gasteiger partial charge in [-0.3, -0.25) is 10.1 Å². The number of carbonyl (C=O) groups excluding carboxylic acids is 1. The highest BCUT2D eigenvalue weighted by molar-refractivity contribution is 5.88. The average Bonchev–Trinajstić information content (AvgIpc) is 2.45. The molecule has 0 saturated heterocycles. The number of H-pyrrole nitrogens is 1. The lowest BCUT2D eigenvalue weighted by Crippen LogP contribution is -2.43. The Labute approximate surface area is 141 Å². The van der Waals surface area contributed by atoms with Crippen LogP contribution >= 0.6 is 0 Å². The Morgan fingerprint density at radius 2 is 2.00 bits per heavy atom. The van der Waals surface area contributed by atoms with Crippen LogP contribution in [0.4, 0.5) is 10.7 Å². The van der Waals surface area contributed by atoms with E-state index in [0.29, 0.717) is 5.69 Å². The third-order valence-electron chi connectivity index (χ3n) is 3.61. The molecule has 2 rings (SSSR count).